The zero-order chi connectivity index (χ0) is 16.2. The predicted octanol–water partition coefficient (Wildman–Crippen LogP) is 3.36. The number of hydrogen-bond donors (Lipinski definition) is 2. The molecule has 0 aliphatic carbocycles. The molecule has 2 aromatic rings. The summed E-state index contributed by atoms with van der Waals surface area (Å²) in [6, 6.07) is 12.9. The Morgan fingerprint density at radius 1 is 1.17 bits per heavy atom. The number of amides is 1. The lowest BCUT2D eigenvalue weighted by molar-refractivity contribution is -0.115. The van der Waals surface area contributed by atoms with Gasteiger partial charge in [-0.25, -0.2) is 0 Å². The van der Waals surface area contributed by atoms with Gasteiger partial charge in [0.05, 0.1) is 6.54 Å². The molecular weight excluding hydrogens is 316 g/mol. The van der Waals surface area contributed by atoms with E-state index in [0.717, 1.165) is 5.56 Å². The second-order valence-electron chi connectivity index (χ2n) is 5.27. The van der Waals surface area contributed by atoms with Crippen LogP contribution in [0, 0.1) is 0 Å². The van der Waals surface area contributed by atoms with Crippen molar-refractivity contribution in [1.82, 2.24) is 5.32 Å². The zero-order valence-electron chi connectivity index (χ0n) is 12.6. The van der Waals surface area contributed by atoms with Crippen molar-refractivity contribution in [3.63, 3.8) is 0 Å². The molecule has 0 saturated heterocycles. The highest BCUT2D eigenvalue weighted by Gasteiger charge is 2.14. The molecule has 1 amide bonds. The monoisotopic (exact) mass is 332 g/mol. The molecule has 0 saturated carbocycles. The fraction of sp³-hybridized carbons (Fsp3) is 0.235. The maximum Gasteiger partial charge on any atom is 0.238 e. The average molecular weight is 333 g/mol. The van der Waals surface area contributed by atoms with Gasteiger partial charge in [-0.05, 0) is 36.8 Å². The van der Waals surface area contributed by atoms with Gasteiger partial charge in [0.2, 0.25) is 12.7 Å². The van der Waals surface area contributed by atoms with Crippen LogP contribution in [-0.2, 0) is 4.79 Å². The molecule has 0 spiro atoms. The number of fused-ring (bicyclic) bond motifs is 1. The maximum absolute atomic E-state index is 12.0. The average Bonchev–Trinajstić information content (AvgIpc) is 3.01. The van der Waals surface area contributed by atoms with Gasteiger partial charge in [-0.3, -0.25) is 4.79 Å². The van der Waals surface area contributed by atoms with E-state index in [1.165, 1.54) is 0 Å². The highest BCUT2D eigenvalue weighted by Crippen LogP contribution is 2.34. The molecule has 2 N–H and O–H groups in total. The van der Waals surface area contributed by atoms with Crippen LogP contribution in [0.2, 0.25) is 5.02 Å². The topological polar surface area (TPSA) is 59.6 Å². The first kappa shape index (κ1) is 15.6. The molecule has 5 nitrogen and oxygen atoms in total. The van der Waals surface area contributed by atoms with Crippen LogP contribution in [0.4, 0.5) is 5.69 Å². The molecule has 23 heavy (non-hydrogen) atoms. The van der Waals surface area contributed by atoms with E-state index in [4.69, 9.17) is 21.1 Å². The van der Waals surface area contributed by atoms with Gasteiger partial charge in [0, 0.05) is 22.8 Å². The van der Waals surface area contributed by atoms with Crippen molar-refractivity contribution < 1.29 is 14.3 Å². The van der Waals surface area contributed by atoms with Crippen molar-refractivity contribution in [3.05, 3.63) is 53.1 Å². The minimum Gasteiger partial charge on any atom is -0.454 e. The van der Waals surface area contributed by atoms with Crippen molar-refractivity contribution in [3.8, 4) is 11.5 Å². The van der Waals surface area contributed by atoms with Crippen molar-refractivity contribution in [1.29, 1.82) is 0 Å². The fourth-order valence-electron chi connectivity index (χ4n) is 2.29. The first-order valence-corrected chi connectivity index (χ1v) is 7.68. The number of rotatable bonds is 5. The van der Waals surface area contributed by atoms with Crippen molar-refractivity contribution in [2.45, 2.75) is 13.0 Å². The van der Waals surface area contributed by atoms with Crippen LogP contribution in [0.3, 0.4) is 0 Å². The van der Waals surface area contributed by atoms with E-state index >= 15 is 0 Å². The summed E-state index contributed by atoms with van der Waals surface area (Å²) in [4.78, 5) is 12.0. The molecule has 1 aliphatic heterocycles. The summed E-state index contributed by atoms with van der Waals surface area (Å²) in [5, 5.41) is 6.70. The molecule has 2 aromatic carbocycles. The normalized spacial score (nSPS) is 13.7. The van der Waals surface area contributed by atoms with E-state index in [1.54, 1.807) is 18.2 Å². The molecule has 3 rings (SSSR count). The van der Waals surface area contributed by atoms with E-state index in [1.807, 2.05) is 31.2 Å². The van der Waals surface area contributed by atoms with Crippen LogP contribution in [0.5, 0.6) is 11.5 Å². The summed E-state index contributed by atoms with van der Waals surface area (Å²) in [7, 11) is 0. The third-order valence-corrected chi connectivity index (χ3v) is 3.85. The Morgan fingerprint density at radius 3 is 2.70 bits per heavy atom. The number of benzene rings is 2. The van der Waals surface area contributed by atoms with Crippen molar-refractivity contribution in [2.75, 3.05) is 18.7 Å². The second kappa shape index (κ2) is 6.89. The molecule has 0 aromatic heterocycles. The Kier molecular flexibility index (Phi) is 4.69. The number of hydrogen-bond acceptors (Lipinski definition) is 4. The van der Waals surface area contributed by atoms with E-state index in [2.05, 4.69) is 10.6 Å². The van der Waals surface area contributed by atoms with Gasteiger partial charge in [-0.2, -0.15) is 0 Å². The summed E-state index contributed by atoms with van der Waals surface area (Å²) in [6.07, 6.45) is 0. The molecule has 1 heterocycles. The van der Waals surface area contributed by atoms with E-state index in [0.29, 0.717) is 22.2 Å². The van der Waals surface area contributed by atoms with Gasteiger partial charge in [0.15, 0.2) is 11.5 Å². The molecular formula is C17H17ClN2O3. The molecule has 0 bridgehead atoms. The Hall–Kier alpha value is -2.24. The maximum atomic E-state index is 12.0. The highest BCUT2D eigenvalue weighted by atomic mass is 35.5. The number of carbonyl (C=O) groups excluding carboxylic acids is 1. The molecule has 1 aliphatic rings. The molecule has 120 valence electrons. The van der Waals surface area contributed by atoms with Gasteiger partial charge in [-0.1, -0.05) is 23.7 Å². The van der Waals surface area contributed by atoms with Gasteiger partial charge < -0.3 is 20.1 Å². The van der Waals surface area contributed by atoms with Crippen LogP contribution < -0.4 is 20.1 Å². The molecule has 0 radical (unpaired) electrons. The third-order valence-electron chi connectivity index (χ3n) is 3.60. The van der Waals surface area contributed by atoms with E-state index in [-0.39, 0.29) is 25.3 Å². The summed E-state index contributed by atoms with van der Waals surface area (Å²) in [6.45, 7) is 2.42. The van der Waals surface area contributed by atoms with Crippen LogP contribution in [0.15, 0.2) is 42.5 Å². The van der Waals surface area contributed by atoms with Gasteiger partial charge in [0.25, 0.3) is 0 Å². The SMILES string of the molecule is C[C@H](NCC(=O)Nc1ccc2c(c1)OCO2)c1ccc(Cl)cc1. The van der Waals surface area contributed by atoms with Gasteiger partial charge >= 0.3 is 0 Å². The summed E-state index contributed by atoms with van der Waals surface area (Å²) in [5.74, 6) is 1.22. The highest BCUT2D eigenvalue weighted by molar-refractivity contribution is 6.30. The minimum atomic E-state index is -0.121. The van der Waals surface area contributed by atoms with Crippen molar-refractivity contribution in [2.24, 2.45) is 0 Å². The lowest BCUT2D eigenvalue weighted by Crippen LogP contribution is -2.30. The Balaban J connectivity index is 1.52. The standard InChI is InChI=1S/C17H17ClN2O3/c1-11(12-2-4-13(18)5-3-12)19-9-17(21)20-14-6-7-15-16(8-14)23-10-22-15/h2-8,11,19H,9-10H2,1H3,(H,20,21)/t11-/m0/s1. The van der Waals surface area contributed by atoms with Crippen LogP contribution >= 0.6 is 11.6 Å². The number of anilines is 1. The van der Waals surface area contributed by atoms with Gasteiger partial charge in [0.1, 0.15) is 0 Å². The molecule has 6 heteroatoms. The first-order chi connectivity index (χ1) is 11.1. The largest absolute Gasteiger partial charge is 0.454 e. The Bertz CT molecular complexity index is 703. The lowest BCUT2D eigenvalue weighted by atomic mass is 10.1. The zero-order valence-corrected chi connectivity index (χ0v) is 13.4. The van der Waals surface area contributed by atoms with Crippen LogP contribution in [-0.4, -0.2) is 19.2 Å². The molecule has 0 unspecified atom stereocenters. The van der Waals surface area contributed by atoms with E-state index in [9.17, 15) is 4.79 Å². The summed E-state index contributed by atoms with van der Waals surface area (Å²) >= 11 is 5.87. The predicted molar refractivity (Wildman–Crippen MR) is 89.1 cm³/mol. The number of nitrogens with one attached hydrogen (secondary N) is 2. The van der Waals surface area contributed by atoms with E-state index < -0.39 is 0 Å². The molecule has 0 fully saturated rings. The number of halogens is 1. The van der Waals surface area contributed by atoms with Crippen molar-refractivity contribution >= 4 is 23.2 Å². The van der Waals surface area contributed by atoms with Crippen LogP contribution in [0.25, 0.3) is 0 Å². The Morgan fingerprint density at radius 2 is 1.91 bits per heavy atom. The third kappa shape index (κ3) is 3.94. The van der Waals surface area contributed by atoms with Crippen LogP contribution in [0.1, 0.15) is 18.5 Å². The number of ether oxygens (including phenoxy) is 2. The first-order valence-electron chi connectivity index (χ1n) is 7.30. The minimum absolute atomic E-state index is 0.0507. The smallest absolute Gasteiger partial charge is 0.238 e. The second-order valence-corrected chi connectivity index (χ2v) is 5.71. The lowest BCUT2D eigenvalue weighted by Gasteiger charge is -2.14. The summed E-state index contributed by atoms with van der Waals surface area (Å²) in [5.41, 5.74) is 1.76. The molecule has 1 atom stereocenters. The summed E-state index contributed by atoms with van der Waals surface area (Å²) < 4.78 is 10.5. The fourth-order valence-corrected chi connectivity index (χ4v) is 2.42. The van der Waals surface area contributed by atoms with Gasteiger partial charge in [-0.15, -0.1) is 0 Å². The Labute approximate surface area is 139 Å². The number of carbonyl (C=O) groups is 1. The quantitative estimate of drug-likeness (QED) is 0.881.